The molecule has 0 fully saturated rings. The normalized spacial score (nSPS) is 10.9. The average molecular weight is 302 g/mol. The summed E-state index contributed by atoms with van der Waals surface area (Å²) >= 11 is 0.124. The molecule has 0 bridgehead atoms. The predicted octanol–water partition coefficient (Wildman–Crippen LogP) is 2.42. The first kappa shape index (κ1) is 11.5. The molecule has 0 radical (unpaired) electrons. The fourth-order valence-electron chi connectivity index (χ4n) is 1.98. The molecule has 0 N–H and O–H groups in total. The molecule has 0 aliphatic heterocycles. The molecule has 18 heavy (non-hydrogen) atoms. The molecule has 0 aliphatic rings. The minimum atomic E-state index is 0.124. The van der Waals surface area contributed by atoms with Crippen LogP contribution < -0.4 is 5.56 Å². The molecule has 0 aliphatic carbocycles. The van der Waals surface area contributed by atoms with Crippen LogP contribution >= 0.6 is 0 Å². The van der Waals surface area contributed by atoms with E-state index in [-0.39, 0.29) is 20.3 Å². The van der Waals surface area contributed by atoms with Gasteiger partial charge in [0.1, 0.15) is 0 Å². The van der Waals surface area contributed by atoms with Crippen molar-refractivity contribution in [2.45, 2.75) is 13.5 Å². The van der Waals surface area contributed by atoms with Crippen LogP contribution in [0, 0.1) is 6.92 Å². The van der Waals surface area contributed by atoms with Crippen molar-refractivity contribution in [2.75, 3.05) is 0 Å². The van der Waals surface area contributed by atoms with Gasteiger partial charge in [0.15, 0.2) is 0 Å². The molecular formula is C15H13NOSe. The van der Waals surface area contributed by atoms with Crippen molar-refractivity contribution in [3.63, 3.8) is 0 Å². The van der Waals surface area contributed by atoms with Gasteiger partial charge < -0.3 is 0 Å². The van der Waals surface area contributed by atoms with Crippen LogP contribution in [-0.4, -0.2) is 18.3 Å². The fraction of sp³-hybridized carbons (Fsp3) is 0.133. The Morgan fingerprint density at radius 1 is 1.06 bits per heavy atom. The summed E-state index contributed by atoms with van der Waals surface area (Å²) in [6.45, 7) is 2.79. The number of aromatic nitrogens is 1. The Hall–Kier alpha value is -1.57. The molecule has 3 heteroatoms. The van der Waals surface area contributed by atoms with Crippen LogP contribution in [0.15, 0.2) is 53.3 Å². The van der Waals surface area contributed by atoms with E-state index in [1.807, 2.05) is 21.8 Å². The van der Waals surface area contributed by atoms with E-state index in [0.717, 1.165) is 5.39 Å². The Kier molecular flexibility index (Phi) is 2.94. The van der Waals surface area contributed by atoms with Crippen LogP contribution in [-0.2, 0) is 6.54 Å². The first-order valence-electron chi connectivity index (χ1n) is 5.88. The van der Waals surface area contributed by atoms with E-state index in [0.29, 0.717) is 6.54 Å². The molecule has 0 saturated heterocycles. The molecule has 0 unspecified atom stereocenters. The number of fused-ring (bicyclic) bond motifs is 1. The van der Waals surface area contributed by atoms with Crippen molar-refractivity contribution in [1.82, 2.24) is 3.56 Å². The summed E-state index contributed by atoms with van der Waals surface area (Å²) in [5, 5.41) is 0.879. The van der Waals surface area contributed by atoms with Crippen molar-refractivity contribution >= 4 is 24.4 Å². The summed E-state index contributed by atoms with van der Waals surface area (Å²) in [6, 6.07) is 16.3. The Bertz CT molecular complexity index is 737. The zero-order chi connectivity index (χ0) is 12.5. The van der Waals surface area contributed by atoms with E-state index in [1.165, 1.54) is 15.4 Å². The molecule has 1 heterocycles. The standard InChI is InChI=1S/C15H13NOSe/c1-11-6-8-12(9-7-11)10-16-15(17)13-4-2-3-5-14(13)18-16/h2-9H,10H2,1H3. The maximum absolute atomic E-state index is 12.2. The van der Waals surface area contributed by atoms with Crippen LogP contribution in [0.5, 0.6) is 0 Å². The van der Waals surface area contributed by atoms with Crippen molar-refractivity contribution in [1.29, 1.82) is 0 Å². The second-order valence-electron chi connectivity index (χ2n) is 4.41. The maximum atomic E-state index is 12.2. The number of aryl methyl sites for hydroxylation is 1. The minimum absolute atomic E-state index is 0.124. The van der Waals surface area contributed by atoms with Crippen LogP contribution in [0.1, 0.15) is 11.1 Å². The number of benzene rings is 2. The molecule has 2 aromatic carbocycles. The number of rotatable bonds is 2. The zero-order valence-electron chi connectivity index (χ0n) is 10.1. The van der Waals surface area contributed by atoms with Gasteiger partial charge in [-0.05, 0) is 0 Å². The molecule has 2 nitrogen and oxygen atoms in total. The SMILES string of the molecule is Cc1ccc(Cn2[se]c3ccccc3c2=O)cc1. The summed E-state index contributed by atoms with van der Waals surface area (Å²) in [7, 11) is 0. The molecule has 3 aromatic rings. The van der Waals surface area contributed by atoms with E-state index in [2.05, 4.69) is 37.3 Å². The third-order valence-electron chi connectivity index (χ3n) is 3.00. The van der Waals surface area contributed by atoms with Gasteiger partial charge in [0.05, 0.1) is 0 Å². The summed E-state index contributed by atoms with van der Waals surface area (Å²) in [5.74, 6) is 0. The first-order valence-corrected chi connectivity index (χ1v) is 7.51. The topological polar surface area (TPSA) is 22.0 Å². The van der Waals surface area contributed by atoms with Gasteiger partial charge in [-0.15, -0.1) is 0 Å². The number of hydrogen-bond donors (Lipinski definition) is 0. The fourth-order valence-corrected chi connectivity index (χ4v) is 4.13. The molecule has 0 atom stereocenters. The zero-order valence-corrected chi connectivity index (χ0v) is 11.8. The third kappa shape index (κ3) is 2.07. The van der Waals surface area contributed by atoms with Gasteiger partial charge in [-0.25, -0.2) is 0 Å². The van der Waals surface area contributed by atoms with E-state index < -0.39 is 0 Å². The summed E-state index contributed by atoms with van der Waals surface area (Å²) in [6.07, 6.45) is 0. The average Bonchev–Trinajstić information content (AvgIpc) is 2.70. The van der Waals surface area contributed by atoms with Gasteiger partial charge in [-0.1, -0.05) is 0 Å². The second-order valence-corrected chi connectivity index (χ2v) is 6.65. The van der Waals surface area contributed by atoms with Crippen molar-refractivity contribution in [3.8, 4) is 0 Å². The molecule has 90 valence electrons. The number of hydrogen-bond acceptors (Lipinski definition) is 1. The molecule has 0 spiro atoms. The first-order chi connectivity index (χ1) is 8.74. The van der Waals surface area contributed by atoms with Crippen molar-refractivity contribution < 1.29 is 0 Å². The van der Waals surface area contributed by atoms with E-state index >= 15 is 0 Å². The monoisotopic (exact) mass is 303 g/mol. The van der Waals surface area contributed by atoms with Crippen molar-refractivity contribution in [2.24, 2.45) is 0 Å². The molecule has 3 rings (SSSR count). The molecular weight excluding hydrogens is 289 g/mol. The van der Waals surface area contributed by atoms with Crippen molar-refractivity contribution in [3.05, 3.63) is 70.0 Å². The Labute approximate surface area is 111 Å². The number of nitrogens with zero attached hydrogens (tertiary/aromatic N) is 1. The third-order valence-corrected chi connectivity index (χ3v) is 5.24. The van der Waals surface area contributed by atoms with Crippen LogP contribution in [0.2, 0.25) is 0 Å². The summed E-state index contributed by atoms with van der Waals surface area (Å²) in [4.78, 5) is 12.2. The Balaban J connectivity index is 2.02. The van der Waals surface area contributed by atoms with Gasteiger partial charge in [-0.3, -0.25) is 0 Å². The van der Waals surface area contributed by atoms with Gasteiger partial charge in [-0.2, -0.15) is 0 Å². The molecule has 1 aromatic heterocycles. The van der Waals surface area contributed by atoms with Crippen LogP contribution in [0.4, 0.5) is 0 Å². The Morgan fingerprint density at radius 3 is 2.50 bits per heavy atom. The Morgan fingerprint density at radius 2 is 1.78 bits per heavy atom. The van der Waals surface area contributed by atoms with Crippen LogP contribution in [0.3, 0.4) is 0 Å². The second kappa shape index (κ2) is 4.60. The predicted molar refractivity (Wildman–Crippen MR) is 75.4 cm³/mol. The van der Waals surface area contributed by atoms with Crippen LogP contribution in [0.25, 0.3) is 9.65 Å². The molecule has 0 amide bonds. The van der Waals surface area contributed by atoms with Gasteiger partial charge in [0.2, 0.25) is 0 Å². The summed E-state index contributed by atoms with van der Waals surface area (Å²) < 4.78 is 3.16. The quantitative estimate of drug-likeness (QED) is 0.666. The van der Waals surface area contributed by atoms with E-state index in [9.17, 15) is 4.79 Å². The van der Waals surface area contributed by atoms with E-state index in [4.69, 9.17) is 0 Å². The van der Waals surface area contributed by atoms with Gasteiger partial charge >= 0.3 is 111 Å². The van der Waals surface area contributed by atoms with Gasteiger partial charge in [0, 0.05) is 0 Å². The van der Waals surface area contributed by atoms with E-state index in [1.54, 1.807) is 0 Å². The molecule has 0 saturated carbocycles. The summed E-state index contributed by atoms with van der Waals surface area (Å²) in [5.41, 5.74) is 2.62. The van der Waals surface area contributed by atoms with Gasteiger partial charge in [0.25, 0.3) is 0 Å².